The molecule has 110 valence electrons. The second-order valence-electron chi connectivity index (χ2n) is 4.31. The van der Waals surface area contributed by atoms with Crippen molar-refractivity contribution in [2.45, 2.75) is 13.8 Å². The molecule has 8 heteroatoms. The maximum Gasteiger partial charge on any atom is 0.292 e. The summed E-state index contributed by atoms with van der Waals surface area (Å²) in [5.74, 6) is -0.207. The van der Waals surface area contributed by atoms with Gasteiger partial charge >= 0.3 is 0 Å². The molecule has 1 aromatic carbocycles. The number of hydrogen-bond donors (Lipinski definition) is 2. The summed E-state index contributed by atoms with van der Waals surface area (Å²) in [7, 11) is 0. The van der Waals surface area contributed by atoms with E-state index in [2.05, 4.69) is 15.8 Å². The van der Waals surface area contributed by atoms with Crippen LogP contribution in [0.2, 0.25) is 0 Å². The number of rotatable bonds is 5. The van der Waals surface area contributed by atoms with Crippen LogP contribution in [-0.4, -0.2) is 22.5 Å². The summed E-state index contributed by atoms with van der Waals surface area (Å²) in [6.45, 7) is 4.05. The van der Waals surface area contributed by atoms with Gasteiger partial charge < -0.3 is 9.84 Å². The first-order valence-electron chi connectivity index (χ1n) is 6.28. The smallest absolute Gasteiger partial charge is 0.292 e. The number of nitrogens with zero attached hydrogens (tertiary/aromatic N) is 2. The minimum absolute atomic E-state index is 0.0797. The summed E-state index contributed by atoms with van der Waals surface area (Å²) >= 11 is 0. The minimum Gasteiger partial charge on any atom is -0.380 e. The molecule has 0 spiro atoms. The van der Waals surface area contributed by atoms with Gasteiger partial charge in [-0.2, -0.15) is 0 Å². The lowest BCUT2D eigenvalue weighted by atomic mass is 10.1. The highest BCUT2D eigenvalue weighted by atomic mass is 16.6. The first-order chi connectivity index (χ1) is 10.0. The number of benzene rings is 1. The molecule has 1 aromatic heterocycles. The van der Waals surface area contributed by atoms with E-state index < -0.39 is 10.8 Å². The molecule has 2 N–H and O–H groups in total. The molecule has 0 aliphatic carbocycles. The Morgan fingerprint density at radius 2 is 2.19 bits per heavy atom. The summed E-state index contributed by atoms with van der Waals surface area (Å²) in [4.78, 5) is 22.5. The van der Waals surface area contributed by atoms with Crippen LogP contribution in [0, 0.1) is 17.0 Å². The molecule has 0 unspecified atom stereocenters. The molecule has 1 heterocycles. The van der Waals surface area contributed by atoms with E-state index in [9.17, 15) is 14.9 Å². The lowest BCUT2D eigenvalue weighted by Gasteiger charge is -2.07. The second kappa shape index (κ2) is 6.04. The van der Waals surface area contributed by atoms with Crippen molar-refractivity contribution in [2.24, 2.45) is 0 Å². The number of carbonyl (C=O) groups is 1. The van der Waals surface area contributed by atoms with Crippen molar-refractivity contribution in [3.63, 3.8) is 0 Å². The first-order valence-corrected chi connectivity index (χ1v) is 6.28. The SMILES string of the molecule is CCNc1cc(C(=O)Nc2cc(C)no2)ccc1[N+](=O)[O-]. The highest BCUT2D eigenvalue weighted by Gasteiger charge is 2.17. The maximum atomic E-state index is 12.1. The quantitative estimate of drug-likeness (QED) is 0.646. The Labute approximate surface area is 120 Å². The van der Waals surface area contributed by atoms with Crippen LogP contribution >= 0.6 is 0 Å². The van der Waals surface area contributed by atoms with Crippen molar-refractivity contribution in [1.82, 2.24) is 5.16 Å². The molecule has 2 rings (SSSR count). The third kappa shape index (κ3) is 3.35. The molecule has 0 bridgehead atoms. The molecule has 0 aliphatic heterocycles. The van der Waals surface area contributed by atoms with Crippen molar-refractivity contribution in [3.8, 4) is 0 Å². The fraction of sp³-hybridized carbons (Fsp3) is 0.231. The zero-order valence-electron chi connectivity index (χ0n) is 11.5. The number of nitro groups is 1. The lowest BCUT2D eigenvalue weighted by Crippen LogP contribution is -2.12. The van der Waals surface area contributed by atoms with Crippen LogP contribution in [0.5, 0.6) is 0 Å². The number of nitro benzene ring substituents is 1. The van der Waals surface area contributed by atoms with Gasteiger partial charge in [-0.25, -0.2) is 0 Å². The highest BCUT2D eigenvalue weighted by molar-refractivity contribution is 6.04. The number of carbonyl (C=O) groups excluding carboxylic acids is 1. The van der Waals surface area contributed by atoms with E-state index in [0.29, 0.717) is 17.9 Å². The Bertz CT molecular complexity index is 681. The van der Waals surface area contributed by atoms with Gasteiger partial charge in [0, 0.05) is 24.2 Å². The molecular formula is C13H14N4O4. The average Bonchev–Trinajstić information content (AvgIpc) is 2.84. The van der Waals surface area contributed by atoms with Crippen LogP contribution in [-0.2, 0) is 0 Å². The molecule has 0 saturated heterocycles. The third-order valence-electron chi connectivity index (χ3n) is 2.69. The number of aromatic nitrogens is 1. The van der Waals surface area contributed by atoms with Gasteiger partial charge in [0.1, 0.15) is 5.69 Å². The van der Waals surface area contributed by atoms with Crippen LogP contribution in [0.1, 0.15) is 23.0 Å². The van der Waals surface area contributed by atoms with E-state index in [1.807, 2.05) is 6.92 Å². The molecular weight excluding hydrogens is 276 g/mol. The molecule has 21 heavy (non-hydrogen) atoms. The number of nitrogens with one attached hydrogen (secondary N) is 2. The van der Waals surface area contributed by atoms with E-state index in [-0.39, 0.29) is 17.1 Å². The van der Waals surface area contributed by atoms with Gasteiger partial charge in [0.15, 0.2) is 0 Å². The Kier molecular flexibility index (Phi) is 4.17. The summed E-state index contributed by atoms with van der Waals surface area (Å²) in [6.07, 6.45) is 0. The first kappa shape index (κ1) is 14.5. The van der Waals surface area contributed by atoms with Crippen molar-refractivity contribution < 1.29 is 14.2 Å². The van der Waals surface area contributed by atoms with Crippen molar-refractivity contribution in [2.75, 3.05) is 17.2 Å². The second-order valence-corrected chi connectivity index (χ2v) is 4.31. The van der Waals surface area contributed by atoms with Gasteiger partial charge in [-0.05, 0) is 26.0 Å². The van der Waals surface area contributed by atoms with Crippen LogP contribution in [0.3, 0.4) is 0 Å². The molecule has 0 aliphatic rings. The van der Waals surface area contributed by atoms with Crippen molar-refractivity contribution in [3.05, 3.63) is 45.6 Å². The Morgan fingerprint density at radius 3 is 2.76 bits per heavy atom. The van der Waals surface area contributed by atoms with E-state index >= 15 is 0 Å². The van der Waals surface area contributed by atoms with E-state index in [0.717, 1.165) is 0 Å². The summed E-state index contributed by atoms with van der Waals surface area (Å²) < 4.78 is 4.89. The van der Waals surface area contributed by atoms with E-state index in [4.69, 9.17) is 4.52 Å². The van der Waals surface area contributed by atoms with Crippen LogP contribution in [0.4, 0.5) is 17.3 Å². The lowest BCUT2D eigenvalue weighted by molar-refractivity contribution is -0.384. The Morgan fingerprint density at radius 1 is 1.43 bits per heavy atom. The maximum absolute atomic E-state index is 12.1. The largest absolute Gasteiger partial charge is 0.380 e. The fourth-order valence-electron chi connectivity index (χ4n) is 1.78. The standard InChI is InChI=1S/C13H14N4O4/c1-3-14-10-7-9(4-5-11(10)17(19)20)13(18)15-12-6-8(2)16-21-12/h4-7,14H,3H2,1-2H3,(H,15,18). The zero-order chi connectivity index (χ0) is 15.4. The summed E-state index contributed by atoms with van der Waals surface area (Å²) in [5, 5.41) is 20.0. The van der Waals surface area contributed by atoms with Gasteiger partial charge in [0.05, 0.1) is 10.6 Å². The molecule has 0 atom stereocenters. The van der Waals surface area contributed by atoms with Gasteiger partial charge in [0.25, 0.3) is 11.6 Å². The predicted molar refractivity (Wildman–Crippen MR) is 76.5 cm³/mol. The number of amides is 1. The molecule has 0 fully saturated rings. The predicted octanol–water partition coefficient (Wildman–Crippen LogP) is 2.58. The van der Waals surface area contributed by atoms with E-state index in [1.165, 1.54) is 18.2 Å². The topological polar surface area (TPSA) is 110 Å². The molecule has 1 amide bonds. The highest BCUT2D eigenvalue weighted by Crippen LogP contribution is 2.25. The van der Waals surface area contributed by atoms with Gasteiger partial charge in [-0.1, -0.05) is 5.16 Å². The molecule has 8 nitrogen and oxygen atoms in total. The minimum atomic E-state index is -0.501. The normalized spacial score (nSPS) is 10.2. The monoisotopic (exact) mass is 290 g/mol. The molecule has 0 saturated carbocycles. The van der Waals surface area contributed by atoms with Gasteiger partial charge in [0.2, 0.25) is 5.88 Å². The Hall–Kier alpha value is -2.90. The Balaban J connectivity index is 2.24. The summed E-state index contributed by atoms with van der Waals surface area (Å²) in [6, 6.07) is 5.69. The summed E-state index contributed by atoms with van der Waals surface area (Å²) in [5.41, 5.74) is 1.14. The fourth-order valence-corrected chi connectivity index (χ4v) is 1.78. The molecule has 2 aromatic rings. The van der Waals surface area contributed by atoms with Crippen molar-refractivity contribution in [1.29, 1.82) is 0 Å². The number of anilines is 2. The average molecular weight is 290 g/mol. The van der Waals surface area contributed by atoms with Crippen LogP contribution in [0.25, 0.3) is 0 Å². The third-order valence-corrected chi connectivity index (χ3v) is 2.69. The number of hydrogen-bond acceptors (Lipinski definition) is 6. The van der Waals surface area contributed by atoms with Crippen LogP contribution < -0.4 is 10.6 Å². The van der Waals surface area contributed by atoms with E-state index in [1.54, 1.807) is 13.0 Å². The van der Waals surface area contributed by atoms with Gasteiger partial charge in [-0.15, -0.1) is 0 Å². The van der Waals surface area contributed by atoms with Crippen molar-refractivity contribution >= 4 is 23.2 Å². The van der Waals surface area contributed by atoms with Crippen LogP contribution in [0.15, 0.2) is 28.8 Å². The molecule has 0 radical (unpaired) electrons. The zero-order valence-corrected chi connectivity index (χ0v) is 11.5. The van der Waals surface area contributed by atoms with Gasteiger partial charge in [-0.3, -0.25) is 20.2 Å². The number of aryl methyl sites for hydroxylation is 1.